The third kappa shape index (κ3) is 25.5. The number of hydrogen-bond acceptors (Lipinski definition) is 4. The van der Waals surface area contributed by atoms with Crippen LogP contribution in [0.25, 0.3) is 66.2 Å². The third-order valence-electron chi connectivity index (χ3n) is 7.75. The fraction of sp³-hybridized carbons (Fsp3) is 0. The Bertz CT molecular complexity index is 2450. The van der Waals surface area contributed by atoms with E-state index in [0.717, 1.165) is 43.9 Å². The molecule has 15 rings (SSSR count). The summed E-state index contributed by atoms with van der Waals surface area (Å²) in [6.07, 6.45) is 20.0. The van der Waals surface area contributed by atoms with Gasteiger partial charge in [0.15, 0.2) is 0 Å². The average molecular weight is 1050 g/mol. The summed E-state index contributed by atoms with van der Waals surface area (Å²) in [6.45, 7) is 0. The van der Waals surface area contributed by atoms with Crippen LogP contribution in [0.5, 0.6) is 0 Å². The zero-order valence-corrected chi connectivity index (χ0v) is 37.4. The maximum atomic E-state index is 9.87. The Morgan fingerprint density at radius 2 is 0.379 bits per heavy atom. The Balaban J connectivity index is 0.000000363. The summed E-state index contributed by atoms with van der Waals surface area (Å²) < 4.78 is 143. The predicted octanol–water partition coefficient (Wildman–Crippen LogP) is 19.7. The second-order valence-corrected chi connectivity index (χ2v) is 17.1. The molecule has 20 heteroatoms. The first-order chi connectivity index (χ1) is 29.6. The summed E-state index contributed by atoms with van der Waals surface area (Å²) in [4.78, 5) is 0. The summed E-state index contributed by atoms with van der Waals surface area (Å²) in [5, 5.41) is 4.34. The molecule has 12 bridgehead atoms. The topological polar surface area (TPSA) is 52.6 Å². The van der Waals surface area contributed by atoms with Crippen molar-refractivity contribution in [3.05, 3.63) is 210 Å². The van der Waals surface area contributed by atoms with Crippen molar-refractivity contribution in [1.82, 2.24) is 0 Å². The summed E-state index contributed by atoms with van der Waals surface area (Å²) >= 11 is 0. The quantitative estimate of drug-likeness (QED) is 0.0863. The van der Waals surface area contributed by atoms with Gasteiger partial charge < -0.3 is 17.7 Å². The smallest absolute Gasteiger partial charge is 0.457 e. The Hall–Kier alpha value is -4.42. The first-order valence-corrected chi connectivity index (χ1v) is 22.5. The molecule has 0 atom stereocenters. The molecule has 7 heterocycles. The second-order valence-electron chi connectivity index (χ2n) is 13.3. The van der Waals surface area contributed by atoms with Gasteiger partial charge >= 0.3 is 100 Å². The molecule has 350 valence electrons. The van der Waals surface area contributed by atoms with Crippen LogP contribution in [-0.4, -0.2) is 0 Å². The molecule has 10 radical (unpaired) electrons. The number of benzene rings is 6. The summed E-state index contributed by atoms with van der Waals surface area (Å²) in [6, 6.07) is 47.4. The number of halogens is 12. The largest absolute Gasteiger partial charge is 2.00 e. The van der Waals surface area contributed by atoms with E-state index in [4.69, 9.17) is 17.7 Å². The van der Waals surface area contributed by atoms with E-state index in [9.17, 15) is 50.4 Å². The van der Waals surface area contributed by atoms with Crippen molar-refractivity contribution >= 4 is 81.8 Å². The Morgan fingerprint density at radius 3 is 0.530 bits per heavy atom. The predicted molar refractivity (Wildman–Crippen MR) is 232 cm³/mol. The van der Waals surface area contributed by atoms with Gasteiger partial charge in [0.2, 0.25) is 0 Å². The Morgan fingerprint density at radius 1 is 0.227 bits per heavy atom. The molecule has 0 N–H and O–H groups in total. The molecule has 7 aromatic heterocycles. The van der Waals surface area contributed by atoms with E-state index in [1.165, 1.54) is 0 Å². The van der Waals surface area contributed by atoms with Gasteiger partial charge in [-0.1, -0.05) is 60.7 Å². The average Bonchev–Trinajstić information content (AvgIpc) is 3.98. The van der Waals surface area contributed by atoms with Crippen LogP contribution in [0.4, 0.5) is 50.4 Å². The van der Waals surface area contributed by atoms with Crippen LogP contribution in [0.2, 0.25) is 0 Å². The molecule has 6 aromatic carbocycles. The fourth-order valence-electron chi connectivity index (χ4n) is 5.25. The van der Waals surface area contributed by atoms with Crippen molar-refractivity contribution in [1.29, 1.82) is 0 Å². The van der Waals surface area contributed by atoms with Gasteiger partial charge in [-0.05, 0) is 159 Å². The van der Waals surface area contributed by atoms with E-state index in [0.29, 0.717) is 22.3 Å². The minimum atomic E-state index is -10.7. The van der Waals surface area contributed by atoms with E-state index in [1.54, 1.807) is 0 Å². The zero-order chi connectivity index (χ0) is 46.6. The van der Waals surface area contributed by atoms with Gasteiger partial charge in [0, 0.05) is 12.1 Å². The first-order valence-electron chi connectivity index (χ1n) is 18.4. The van der Waals surface area contributed by atoms with Crippen LogP contribution in [0.3, 0.4) is 0 Å². The van der Waals surface area contributed by atoms with Gasteiger partial charge in [0.1, 0.15) is 44.7 Å². The van der Waals surface area contributed by atoms with Crippen molar-refractivity contribution < 1.29 is 102 Å². The monoisotopic (exact) mass is 1050 g/mol. The van der Waals surface area contributed by atoms with Crippen LogP contribution in [0.1, 0.15) is 0 Å². The Labute approximate surface area is 392 Å². The molecule has 0 spiro atoms. The summed E-state index contributed by atoms with van der Waals surface area (Å²) in [5.41, 5.74) is 5.82. The number of rotatable bonds is 0. The van der Waals surface area contributed by atoms with E-state index >= 15 is 0 Å². The van der Waals surface area contributed by atoms with Crippen molar-refractivity contribution in [3.8, 4) is 0 Å². The molecule has 0 unspecified atom stereocenters. The fourth-order valence-corrected chi connectivity index (χ4v) is 5.25. The summed E-state index contributed by atoms with van der Waals surface area (Å²) in [5.74, 6) is 0. The maximum absolute atomic E-state index is 10.7. The minimum absolute atomic E-state index is 0. The van der Waals surface area contributed by atoms with Gasteiger partial charge in [-0.15, -0.1) is 0 Å². The molecule has 4 nitrogen and oxygen atoms in total. The third-order valence-corrected chi connectivity index (χ3v) is 7.75. The van der Waals surface area contributed by atoms with Gasteiger partial charge in [-0.25, -0.2) is 0 Å². The van der Waals surface area contributed by atoms with E-state index < -0.39 is 15.6 Å². The van der Waals surface area contributed by atoms with Crippen LogP contribution in [0, 0.1) is 64.2 Å². The van der Waals surface area contributed by atoms with Crippen molar-refractivity contribution in [3.63, 3.8) is 0 Å². The molecule has 2 aliphatic rings. The van der Waals surface area contributed by atoms with Gasteiger partial charge in [-0.2, -0.15) is 0 Å². The van der Waals surface area contributed by atoms with Gasteiger partial charge in [0.05, 0.1) is 0 Å². The standard InChI is InChI=1S/C36H24O4.2C5H5.2F6P.2Fe/c1-3-33-23-34(4-1)38-30-17-9-26(10-18-30)28-13-21-32(22-14-28)40-36-6-2-5-35(24-36)39-31-19-11-27(12-20-31)25-7-15-29(37-33)16-8-25;2*1-2-4-5-3-1;2*1-7(2,3,4,5)6;;/h1-24H;2*1-5H;;;;/q;;;2*-1;2*+2. The molecule has 0 amide bonds. The molecule has 0 saturated heterocycles. The molecule has 66 heavy (non-hydrogen) atoms. The van der Waals surface area contributed by atoms with Gasteiger partial charge in [0.25, 0.3) is 0 Å². The molecule has 0 aliphatic heterocycles. The SMILES string of the molecule is F[P-](F)(F)(F)(F)F.F[P-](F)(F)(F)(F)F.[CH]1[CH][CH][CH][CH]1.[CH]1[CH][CH][CH][CH]1.[Fe+2].[Fe+2].c1cc2cc(c1)oc1ccc(cc1)c1ccc(cc1)oc1cccc(c1)oc1ccc(cc1)c1ccc(cc1)o2. The summed E-state index contributed by atoms with van der Waals surface area (Å²) in [7, 11) is -21.3. The Kier molecular flexibility index (Phi) is 18.4. The number of hydrogen-bond donors (Lipinski definition) is 0. The van der Waals surface area contributed by atoms with Crippen LogP contribution in [0.15, 0.2) is 163 Å². The normalized spacial score (nSPS) is 15.2. The van der Waals surface area contributed by atoms with E-state index in [1.807, 2.05) is 210 Å². The van der Waals surface area contributed by atoms with Crippen LogP contribution >= 0.6 is 15.6 Å². The van der Waals surface area contributed by atoms with E-state index in [2.05, 4.69) is 0 Å². The molecular weight excluding hydrogens is 1020 g/mol. The van der Waals surface area contributed by atoms with Crippen molar-refractivity contribution in [2.45, 2.75) is 0 Å². The molecule has 13 aromatic rings. The molecular formula is C46H34F12Fe2O4P2+2. The van der Waals surface area contributed by atoms with Crippen LogP contribution < -0.4 is 0 Å². The van der Waals surface area contributed by atoms with Crippen molar-refractivity contribution in [2.24, 2.45) is 0 Å². The van der Waals surface area contributed by atoms with Crippen molar-refractivity contribution in [2.75, 3.05) is 0 Å². The van der Waals surface area contributed by atoms with Gasteiger partial charge in [-0.3, -0.25) is 0 Å². The van der Waals surface area contributed by atoms with E-state index in [-0.39, 0.29) is 34.1 Å². The molecule has 2 fully saturated rings. The van der Waals surface area contributed by atoms with Crippen LogP contribution in [-0.2, 0) is 34.1 Å². The maximum Gasteiger partial charge on any atom is 2.00 e. The molecule has 2 aliphatic carbocycles. The molecule has 2 saturated carbocycles. The minimum Gasteiger partial charge on any atom is -0.457 e. The second kappa shape index (κ2) is 21.7. The first kappa shape index (κ1) is 55.9. The zero-order valence-electron chi connectivity index (χ0n) is 33.4.